The number of carbonyl (C=O) groups excluding carboxylic acids is 1. The molecule has 1 aromatic rings. The highest BCUT2D eigenvalue weighted by Gasteiger charge is 2.24. The van der Waals surface area contributed by atoms with Gasteiger partial charge < -0.3 is 9.64 Å². The largest absolute Gasteiger partial charge is 0.482 e. The van der Waals surface area contributed by atoms with Crippen LogP contribution in [0.3, 0.4) is 0 Å². The minimum absolute atomic E-state index is 0.0596. The summed E-state index contributed by atoms with van der Waals surface area (Å²) in [6.07, 6.45) is 1.42. The van der Waals surface area contributed by atoms with Crippen molar-refractivity contribution in [1.29, 1.82) is 0 Å². The second-order valence-corrected chi connectivity index (χ2v) is 4.39. The van der Waals surface area contributed by atoms with Crippen molar-refractivity contribution < 1.29 is 14.5 Å². The van der Waals surface area contributed by atoms with E-state index in [0.29, 0.717) is 11.8 Å². The molecule has 1 unspecified atom stereocenters. The Morgan fingerprint density at radius 1 is 1.56 bits per heavy atom. The van der Waals surface area contributed by atoms with Crippen molar-refractivity contribution in [3.05, 3.63) is 33.9 Å². The Hall–Kier alpha value is -1.95. The summed E-state index contributed by atoms with van der Waals surface area (Å²) in [5.74, 6) is 0.171. The third-order valence-corrected chi connectivity index (χ3v) is 2.96. The van der Waals surface area contributed by atoms with Gasteiger partial charge in [-0.1, -0.05) is 0 Å². The van der Waals surface area contributed by atoms with Gasteiger partial charge in [-0.15, -0.1) is 0 Å². The molecule has 96 valence electrons. The number of hydrogen-bond donors (Lipinski definition) is 0. The van der Waals surface area contributed by atoms with Crippen LogP contribution in [0.15, 0.2) is 18.2 Å². The Labute approximate surface area is 104 Å². The second kappa shape index (κ2) is 5.14. The fourth-order valence-corrected chi connectivity index (χ4v) is 2.02. The number of benzene rings is 1. The molecule has 0 saturated carbocycles. The van der Waals surface area contributed by atoms with Crippen molar-refractivity contribution in [2.75, 3.05) is 20.1 Å². The summed E-state index contributed by atoms with van der Waals surface area (Å²) in [7, 11) is 1.97. The number of ether oxygens (including phenoxy) is 1. The van der Waals surface area contributed by atoms with Crippen LogP contribution in [-0.2, 0) is 0 Å². The van der Waals surface area contributed by atoms with Crippen molar-refractivity contribution >= 4 is 12.0 Å². The lowest BCUT2D eigenvalue weighted by Crippen LogP contribution is -2.21. The molecule has 1 atom stereocenters. The van der Waals surface area contributed by atoms with E-state index in [9.17, 15) is 14.9 Å². The quantitative estimate of drug-likeness (QED) is 0.460. The fraction of sp³-hybridized carbons (Fsp3) is 0.417. The minimum Gasteiger partial charge on any atom is -0.482 e. The lowest BCUT2D eigenvalue weighted by Gasteiger charge is -2.13. The average molecular weight is 250 g/mol. The maximum absolute atomic E-state index is 10.9. The van der Waals surface area contributed by atoms with E-state index in [0.717, 1.165) is 19.5 Å². The normalized spacial score (nSPS) is 19.7. The second-order valence-electron chi connectivity index (χ2n) is 4.39. The molecule has 0 aromatic heterocycles. The Morgan fingerprint density at radius 3 is 2.89 bits per heavy atom. The van der Waals surface area contributed by atoms with E-state index in [-0.39, 0.29) is 17.5 Å². The van der Waals surface area contributed by atoms with Crippen LogP contribution in [0.2, 0.25) is 0 Å². The molecule has 1 fully saturated rings. The van der Waals surface area contributed by atoms with E-state index in [1.165, 1.54) is 18.2 Å². The molecular formula is C12H14N2O4. The van der Waals surface area contributed by atoms with E-state index in [4.69, 9.17) is 4.74 Å². The number of nitrogens with zero attached hydrogens (tertiary/aromatic N) is 2. The van der Waals surface area contributed by atoms with Crippen LogP contribution >= 0.6 is 0 Å². The summed E-state index contributed by atoms with van der Waals surface area (Å²) >= 11 is 0. The third kappa shape index (κ3) is 2.65. The maximum atomic E-state index is 10.9. The first-order chi connectivity index (χ1) is 8.60. The highest BCUT2D eigenvalue weighted by atomic mass is 16.6. The van der Waals surface area contributed by atoms with E-state index < -0.39 is 4.92 Å². The van der Waals surface area contributed by atoms with Crippen LogP contribution in [0.1, 0.15) is 16.8 Å². The first kappa shape index (κ1) is 12.5. The molecule has 0 N–H and O–H groups in total. The van der Waals surface area contributed by atoms with Gasteiger partial charge in [-0.05, 0) is 25.6 Å². The van der Waals surface area contributed by atoms with Gasteiger partial charge in [0.05, 0.1) is 4.92 Å². The third-order valence-electron chi connectivity index (χ3n) is 2.96. The van der Waals surface area contributed by atoms with Crippen LogP contribution in [-0.4, -0.2) is 42.4 Å². The van der Waals surface area contributed by atoms with Crippen LogP contribution < -0.4 is 4.74 Å². The summed E-state index contributed by atoms with van der Waals surface area (Å²) in [4.78, 5) is 23.2. The number of likely N-dealkylation sites (tertiary alicyclic amines) is 1. The zero-order chi connectivity index (χ0) is 13.1. The molecule has 6 heteroatoms. The van der Waals surface area contributed by atoms with Crippen LogP contribution in [0.4, 0.5) is 5.69 Å². The van der Waals surface area contributed by atoms with Gasteiger partial charge in [-0.2, -0.15) is 0 Å². The number of rotatable bonds is 4. The molecule has 2 rings (SSSR count). The van der Waals surface area contributed by atoms with Crippen molar-refractivity contribution in [2.45, 2.75) is 12.5 Å². The predicted octanol–water partition coefficient (Wildman–Crippen LogP) is 1.49. The Balaban J connectivity index is 2.23. The number of nitro groups is 1. The molecule has 0 radical (unpaired) electrons. The lowest BCUT2D eigenvalue weighted by atomic mass is 10.2. The molecule has 18 heavy (non-hydrogen) atoms. The molecular weight excluding hydrogens is 236 g/mol. The maximum Gasteiger partial charge on any atom is 0.310 e. The summed E-state index contributed by atoms with van der Waals surface area (Å²) in [5.41, 5.74) is 0.275. The zero-order valence-corrected chi connectivity index (χ0v) is 10.0. The predicted molar refractivity (Wildman–Crippen MR) is 65.0 cm³/mol. The highest BCUT2D eigenvalue weighted by molar-refractivity contribution is 5.76. The van der Waals surface area contributed by atoms with Crippen LogP contribution in [0.5, 0.6) is 5.75 Å². The van der Waals surface area contributed by atoms with Gasteiger partial charge in [-0.3, -0.25) is 14.9 Å². The number of carbonyl (C=O) groups is 1. The van der Waals surface area contributed by atoms with Crippen molar-refractivity contribution in [3.63, 3.8) is 0 Å². The van der Waals surface area contributed by atoms with Gasteiger partial charge in [-0.25, -0.2) is 0 Å². The monoisotopic (exact) mass is 250 g/mol. The van der Waals surface area contributed by atoms with Gasteiger partial charge in [0.1, 0.15) is 12.4 Å². The number of nitro benzene ring substituents is 1. The van der Waals surface area contributed by atoms with Gasteiger partial charge >= 0.3 is 5.69 Å². The zero-order valence-electron chi connectivity index (χ0n) is 10.0. The summed E-state index contributed by atoms with van der Waals surface area (Å²) in [6, 6.07) is 4.14. The molecule has 1 saturated heterocycles. The fourth-order valence-electron chi connectivity index (χ4n) is 2.02. The number of aldehydes is 1. The molecule has 0 bridgehead atoms. The molecule has 0 amide bonds. The summed E-state index contributed by atoms with van der Waals surface area (Å²) < 4.78 is 5.64. The molecule has 1 aromatic carbocycles. The number of hydrogen-bond acceptors (Lipinski definition) is 5. The SMILES string of the molecule is CN1CCC(Oc2cc(C=O)ccc2[N+](=O)[O-])C1. The van der Waals surface area contributed by atoms with Gasteiger partial charge in [0.2, 0.25) is 0 Å². The van der Waals surface area contributed by atoms with Crippen molar-refractivity contribution in [1.82, 2.24) is 4.90 Å². The minimum atomic E-state index is -0.497. The van der Waals surface area contributed by atoms with Gasteiger partial charge in [0.25, 0.3) is 0 Å². The summed E-state index contributed by atoms with van der Waals surface area (Å²) in [5, 5.41) is 10.9. The van der Waals surface area contributed by atoms with Crippen molar-refractivity contribution in [3.8, 4) is 5.75 Å². The number of likely N-dealkylation sites (N-methyl/N-ethyl adjacent to an activating group) is 1. The Morgan fingerprint density at radius 2 is 2.33 bits per heavy atom. The van der Waals surface area contributed by atoms with E-state index in [2.05, 4.69) is 4.90 Å². The molecule has 1 aliphatic heterocycles. The van der Waals surface area contributed by atoms with Crippen LogP contribution in [0, 0.1) is 10.1 Å². The molecule has 1 heterocycles. The Bertz CT molecular complexity index is 475. The van der Waals surface area contributed by atoms with Crippen LogP contribution in [0.25, 0.3) is 0 Å². The Kier molecular flexibility index (Phi) is 3.57. The first-order valence-electron chi connectivity index (χ1n) is 5.69. The summed E-state index contributed by atoms with van der Waals surface area (Å²) in [6.45, 7) is 1.65. The highest BCUT2D eigenvalue weighted by Crippen LogP contribution is 2.29. The first-order valence-corrected chi connectivity index (χ1v) is 5.69. The molecule has 6 nitrogen and oxygen atoms in total. The standard InChI is InChI=1S/C12H14N2O4/c1-13-5-4-10(7-13)18-12-6-9(8-15)2-3-11(12)14(16)17/h2-3,6,8,10H,4-5,7H2,1H3. The average Bonchev–Trinajstić information content (AvgIpc) is 2.74. The van der Waals surface area contributed by atoms with Crippen molar-refractivity contribution in [2.24, 2.45) is 0 Å². The van der Waals surface area contributed by atoms with E-state index in [1.807, 2.05) is 7.05 Å². The van der Waals surface area contributed by atoms with Gasteiger partial charge in [0, 0.05) is 24.7 Å². The topological polar surface area (TPSA) is 72.7 Å². The molecule has 1 aliphatic rings. The van der Waals surface area contributed by atoms with E-state index >= 15 is 0 Å². The van der Waals surface area contributed by atoms with E-state index in [1.54, 1.807) is 0 Å². The van der Waals surface area contributed by atoms with Gasteiger partial charge in [0.15, 0.2) is 5.75 Å². The molecule has 0 spiro atoms. The lowest BCUT2D eigenvalue weighted by molar-refractivity contribution is -0.386. The molecule has 0 aliphatic carbocycles. The smallest absolute Gasteiger partial charge is 0.310 e.